The van der Waals surface area contributed by atoms with E-state index in [0.29, 0.717) is 5.02 Å². The van der Waals surface area contributed by atoms with E-state index in [4.69, 9.17) is 16.7 Å². The van der Waals surface area contributed by atoms with Gasteiger partial charge in [0.25, 0.3) is 0 Å². The molecule has 0 atom stereocenters. The number of carbonyl (C=O) groups is 1. The Morgan fingerprint density at radius 2 is 1.76 bits per heavy atom. The van der Waals surface area contributed by atoms with Gasteiger partial charge in [-0.15, -0.1) is 0 Å². The van der Waals surface area contributed by atoms with Crippen LogP contribution < -0.4 is 5.32 Å². The standard InChI is InChI=1S/C27H28ClN5O/c1-20-24(28)10-7-11-25(20)30-26(34)21-12-16-31(17-13-21)19-22-18-29-33(23-8-3-2-4-9-23)27(22)32-14-5-6-15-32/h2-11,14-15,18,21H,12-13,16-17,19H2,1H3,(H,30,34). The van der Waals surface area contributed by atoms with E-state index in [2.05, 4.69) is 26.9 Å². The number of nitrogens with one attached hydrogen (secondary N) is 1. The second kappa shape index (κ2) is 9.87. The van der Waals surface area contributed by atoms with Gasteiger partial charge in [-0.25, -0.2) is 4.68 Å². The number of aromatic nitrogens is 3. The number of para-hydroxylation sites is 1. The number of nitrogens with zero attached hydrogens (tertiary/aromatic N) is 4. The molecule has 2 aromatic carbocycles. The average molecular weight is 474 g/mol. The Morgan fingerprint density at radius 3 is 2.50 bits per heavy atom. The molecule has 0 unspecified atom stereocenters. The molecule has 174 valence electrons. The fraction of sp³-hybridized carbons (Fsp3) is 0.259. The molecular weight excluding hydrogens is 446 g/mol. The smallest absolute Gasteiger partial charge is 0.227 e. The van der Waals surface area contributed by atoms with Gasteiger partial charge in [-0.3, -0.25) is 9.69 Å². The van der Waals surface area contributed by atoms with Gasteiger partial charge >= 0.3 is 0 Å². The van der Waals surface area contributed by atoms with Gasteiger partial charge in [-0.05, 0) is 74.8 Å². The van der Waals surface area contributed by atoms with E-state index < -0.39 is 0 Å². The molecule has 0 aliphatic carbocycles. The molecule has 1 aliphatic heterocycles. The normalized spacial score (nSPS) is 14.9. The lowest BCUT2D eigenvalue weighted by Crippen LogP contribution is -2.38. The van der Waals surface area contributed by atoms with Crippen LogP contribution in [0.3, 0.4) is 0 Å². The summed E-state index contributed by atoms with van der Waals surface area (Å²) in [5.74, 6) is 1.13. The molecular formula is C27H28ClN5O. The Bertz CT molecular complexity index is 1260. The maximum atomic E-state index is 12.9. The fourth-order valence-electron chi connectivity index (χ4n) is 4.57. The van der Waals surface area contributed by atoms with Crippen LogP contribution in [0.2, 0.25) is 5.02 Å². The first-order valence-electron chi connectivity index (χ1n) is 11.6. The lowest BCUT2D eigenvalue weighted by Gasteiger charge is -2.31. The third-order valence-corrected chi connectivity index (χ3v) is 6.95. The summed E-state index contributed by atoms with van der Waals surface area (Å²) in [7, 11) is 0. The lowest BCUT2D eigenvalue weighted by atomic mass is 9.95. The van der Waals surface area contributed by atoms with Gasteiger partial charge in [0.05, 0.1) is 11.9 Å². The van der Waals surface area contributed by atoms with Crippen molar-refractivity contribution in [2.75, 3.05) is 18.4 Å². The lowest BCUT2D eigenvalue weighted by molar-refractivity contribution is -0.121. The van der Waals surface area contributed by atoms with Crippen molar-refractivity contribution < 1.29 is 4.79 Å². The number of piperidine rings is 1. The predicted octanol–water partition coefficient (Wildman–Crippen LogP) is 5.48. The molecule has 0 radical (unpaired) electrons. The minimum absolute atomic E-state index is 0.00518. The van der Waals surface area contributed by atoms with E-state index in [1.54, 1.807) is 0 Å². The molecule has 34 heavy (non-hydrogen) atoms. The van der Waals surface area contributed by atoms with Crippen molar-refractivity contribution >= 4 is 23.2 Å². The molecule has 2 aromatic heterocycles. The number of carbonyl (C=O) groups excluding carboxylic acids is 1. The van der Waals surface area contributed by atoms with Crippen molar-refractivity contribution in [2.45, 2.75) is 26.3 Å². The first-order chi connectivity index (χ1) is 16.6. The minimum Gasteiger partial charge on any atom is -0.326 e. The maximum Gasteiger partial charge on any atom is 0.227 e. The van der Waals surface area contributed by atoms with Crippen LogP contribution in [0.4, 0.5) is 5.69 Å². The van der Waals surface area contributed by atoms with Gasteiger partial charge in [-0.2, -0.15) is 5.10 Å². The van der Waals surface area contributed by atoms with Crippen molar-refractivity contribution in [1.29, 1.82) is 0 Å². The second-order valence-corrected chi connectivity index (χ2v) is 9.19. The summed E-state index contributed by atoms with van der Waals surface area (Å²) in [5, 5.41) is 8.45. The van der Waals surface area contributed by atoms with Crippen LogP contribution in [-0.4, -0.2) is 38.2 Å². The second-order valence-electron chi connectivity index (χ2n) is 8.78. The van der Waals surface area contributed by atoms with Crippen LogP contribution in [0.15, 0.2) is 79.3 Å². The van der Waals surface area contributed by atoms with E-state index in [0.717, 1.165) is 60.8 Å². The van der Waals surface area contributed by atoms with Crippen LogP contribution in [0.25, 0.3) is 11.5 Å². The molecule has 1 saturated heterocycles. The minimum atomic E-state index is 0.00518. The highest BCUT2D eigenvalue weighted by Gasteiger charge is 2.26. The summed E-state index contributed by atoms with van der Waals surface area (Å²) in [6.45, 7) is 4.46. The van der Waals surface area contributed by atoms with Crippen LogP contribution in [0.1, 0.15) is 24.0 Å². The first kappa shape index (κ1) is 22.4. The third-order valence-electron chi connectivity index (χ3n) is 6.54. The van der Waals surface area contributed by atoms with Gasteiger partial charge < -0.3 is 9.88 Å². The predicted molar refractivity (Wildman–Crippen MR) is 136 cm³/mol. The van der Waals surface area contributed by atoms with Gasteiger partial charge in [0.15, 0.2) is 0 Å². The van der Waals surface area contributed by atoms with Gasteiger partial charge in [0.2, 0.25) is 5.91 Å². The molecule has 1 amide bonds. The molecule has 1 N–H and O–H groups in total. The Balaban J connectivity index is 1.27. The summed E-state index contributed by atoms with van der Waals surface area (Å²) in [4.78, 5) is 15.3. The summed E-state index contributed by atoms with van der Waals surface area (Å²) in [6.07, 6.45) is 7.72. The average Bonchev–Trinajstić information content (AvgIpc) is 3.53. The number of benzene rings is 2. The van der Waals surface area contributed by atoms with E-state index in [1.807, 2.05) is 78.7 Å². The SMILES string of the molecule is Cc1c(Cl)cccc1NC(=O)C1CCN(Cc2cnn(-c3ccccc3)c2-n2cccc2)CC1. The van der Waals surface area contributed by atoms with E-state index in [9.17, 15) is 4.79 Å². The molecule has 0 bridgehead atoms. The number of rotatable bonds is 6. The topological polar surface area (TPSA) is 55.1 Å². The summed E-state index contributed by atoms with van der Waals surface area (Å²) < 4.78 is 4.10. The van der Waals surface area contributed by atoms with E-state index in [1.165, 1.54) is 0 Å². The molecule has 6 nitrogen and oxygen atoms in total. The number of halogens is 1. The maximum absolute atomic E-state index is 12.9. The largest absolute Gasteiger partial charge is 0.326 e. The van der Waals surface area contributed by atoms with Gasteiger partial charge in [0.1, 0.15) is 5.82 Å². The number of anilines is 1. The van der Waals surface area contributed by atoms with Crippen LogP contribution in [0.5, 0.6) is 0 Å². The monoisotopic (exact) mass is 473 g/mol. The van der Waals surface area contributed by atoms with Crippen molar-refractivity contribution in [3.05, 3.63) is 95.4 Å². The van der Waals surface area contributed by atoms with Crippen molar-refractivity contribution in [3.63, 3.8) is 0 Å². The number of likely N-dealkylation sites (tertiary alicyclic amines) is 1. The van der Waals surface area contributed by atoms with Crippen LogP contribution in [0, 0.1) is 12.8 Å². The van der Waals surface area contributed by atoms with Gasteiger partial charge in [0, 0.05) is 41.1 Å². The van der Waals surface area contributed by atoms with Crippen molar-refractivity contribution in [3.8, 4) is 11.5 Å². The summed E-state index contributed by atoms with van der Waals surface area (Å²) in [5.41, 5.74) is 3.90. The highest BCUT2D eigenvalue weighted by Crippen LogP contribution is 2.27. The van der Waals surface area contributed by atoms with E-state index in [-0.39, 0.29) is 11.8 Å². The Hall–Kier alpha value is -3.35. The number of hydrogen-bond donors (Lipinski definition) is 1. The Morgan fingerprint density at radius 1 is 1.03 bits per heavy atom. The molecule has 5 rings (SSSR count). The van der Waals surface area contributed by atoms with Crippen LogP contribution in [-0.2, 0) is 11.3 Å². The highest BCUT2D eigenvalue weighted by molar-refractivity contribution is 6.31. The Kier molecular flexibility index (Phi) is 6.52. The van der Waals surface area contributed by atoms with Crippen molar-refractivity contribution in [2.24, 2.45) is 5.92 Å². The molecule has 0 saturated carbocycles. The summed E-state index contributed by atoms with van der Waals surface area (Å²) in [6, 6.07) is 19.9. The molecule has 7 heteroatoms. The fourth-order valence-corrected chi connectivity index (χ4v) is 4.74. The molecule has 3 heterocycles. The highest BCUT2D eigenvalue weighted by atomic mass is 35.5. The first-order valence-corrected chi connectivity index (χ1v) is 12.0. The van der Waals surface area contributed by atoms with Crippen molar-refractivity contribution in [1.82, 2.24) is 19.2 Å². The molecule has 4 aromatic rings. The quantitative estimate of drug-likeness (QED) is 0.403. The molecule has 1 aliphatic rings. The molecule has 1 fully saturated rings. The van der Waals surface area contributed by atoms with Crippen LogP contribution >= 0.6 is 11.6 Å². The van der Waals surface area contributed by atoms with E-state index >= 15 is 0 Å². The molecule has 0 spiro atoms. The van der Waals surface area contributed by atoms with Gasteiger partial charge in [-0.1, -0.05) is 35.9 Å². The summed E-state index contributed by atoms with van der Waals surface area (Å²) >= 11 is 6.20. The zero-order valence-corrected chi connectivity index (χ0v) is 19.9. The number of hydrogen-bond acceptors (Lipinski definition) is 3. The zero-order chi connectivity index (χ0) is 23.5. The zero-order valence-electron chi connectivity index (χ0n) is 19.2. The Labute approximate surface area is 204 Å². The number of amides is 1. The third kappa shape index (κ3) is 4.65.